The summed E-state index contributed by atoms with van der Waals surface area (Å²) in [4.78, 5) is 3.91. The van der Waals surface area contributed by atoms with E-state index in [1.54, 1.807) is 12.4 Å². The Morgan fingerprint density at radius 1 is 1.54 bits per heavy atom. The molecule has 1 heterocycles. The minimum absolute atomic E-state index is 0.304. The van der Waals surface area contributed by atoms with Gasteiger partial charge in [0.05, 0.1) is 6.26 Å². The third kappa shape index (κ3) is 3.52. The van der Waals surface area contributed by atoms with Crippen molar-refractivity contribution < 1.29 is 8.42 Å². The number of sulfonamides is 1. The molecule has 4 nitrogen and oxygen atoms in total. The van der Waals surface area contributed by atoms with Crippen molar-refractivity contribution in [2.24, 2.45) is 0 Å². The molecule has 0 fully saturated rings. The maximum atomic E-state index is 10.8. The van der Waals surface area contributed by atoms with Gasteiger partial charge in [-0.25, -0.2) is 13.1 Å². The first-order valence-electron chi connectivity index (χ1n) is 3.83. The lowest BCUT2D eigenvalue weighted by Crippen LogP contribution is -2.21. The van der Waals surface area contributed by atoms with Crippen molar-refractivity contribution in [3.63, 3.8) is 0 Å². The van der Waals surface area contributed by atoms with Gasteiger partial charge >= 0.3 is 0 Å². The van der Waals surface area contributed by atoms with Crippen LogP contribution in [0.1, 0.15) is 11.1 Å². The maximum Gasteiger partial charge on any atom is 0.209 e. The maximum absolute atomic E-state index is 10.8. The summed E-state index contributed by atoms with van der Waals surface area (Å²) in [5.74, 6) is 0. The third-order valence-electron chi connectivity index (χ3n) is 1.67. The molecule has 1 aromatic heterocycles. The fraction of sp³-hybridized carbons (Fsp3) is 0.375. The van der Waals surface area contributed by atoms with E-state index in [0.29, 0.717) is 6.54 Å². The highest BCUT2D eigenvalue weighted by atomic mass is 32.2. The Morgan fingerprint density at radius 3 is 2.77 bits per heavy atom. The van der Waals surface area contributed by atoms with Crippen molar-refractivity contribution >= 4 is 10.0 Å². The Bertz CT molecular complexity index is 387. The average molecular weight is 200 g/mol. The molecular formula is C8H12N2O2S. The zero-order valence-corrected chi connectivity index (χ0v) is 8.43. The molecule has 0 atom stereocenters. The van der Waals surface area contributed by atoms with Gasteiger partial charge in [-0.15, -0.1) is 0 Å². The summed E-state index contributed by atoms with van der Waals surface area (Å²) in [7, 11) is -3.12. The lowest BCUT2D eigenvalue weighted by Gasteiger charge is -2.04. The molecule has 0 radical (unpaired) electrons. The van der Waals surface area contributed by atoms with Gasteiger partial charge in [-0.05, 0) is 24.1 Å². The number of hydrogen-bond donors (Lipinski definition) is 1. The first-order chi connectivity index (χ1) is 5.99. The second-order valence-corrected chi connectivity index (χ2v) is 4.73. The van der Waals surface area contributed by atoms with Gasteiger partial charge in [0.1, 0.15) is 0 Å². The zero-order valence-electron chi connectivity index (χ0n) is 7.61. The van der Waals surface area contributed by atoms with Crippen LogP contribution in [0.15, 0.2) is 18.5 Å². The van der Waals surface area contributed by atoms with Crippen LogP contribution < -0.4 is 4.72 Å². The van der Waals surface area contributed by atoms with E-state index in [0.717, 1.165) is 17.4 Å². The van der Waals surface area contributed by atoms with Gasteiger partial charge in [0.2, 0.25) is 10.0 Å². The monoisotopic (exact) mass is 200 g/mol. The molecule has 0 unspecified atom stereocenters. The summed E-state index contributed by atoms with van der Waals surface area (Å²) in [6, 6.07) is 1.85. The second-order valence-electron chi connectivity index (χ2n) is 2.90. The highest BCUT2D eigenvalue weighted by Gasteiger charge is 2.02. The number of aryl methyl sites for hydroxylation is 1. The lowest BCUT2D eigenvalue weighted by molar-refractivity contribution is 0.587. The van der Waals surface area contributed by atoms with E-state index < -0.39 is 10.0 Å². The number of pyridine rings is 1. The molecule has 0 aliphatic heterocycles. The summed E-state index contributed by atoms with van der Waals surface area (Å²) in [5, 5.41) is 0. The van der Waals surface area contributed by atoms with Crippen LogP contribution in [0.2, 0.25) is 0 Å². The molecule has 0 aromatic carbocycles. The van der Waals surface area contributed by atoms with Gasteiger partial charge in [-0.3, -0.25) is 4.98 Å². The predicted octanol–water partition coefficient (Wildman–Crippen LogP) is 0.439. The van der Waals surface area contributed by atoms with Crippen LogP contribution in [0, 0.1) is 6.92 Å². The molecule has 72 valence electrons. The van der Waals surface area contributed by atoms with E-state index in [1.807, 2.05) is 13.0 Å². The highest BCUT2D eigenvalue weighted by molar-refractivity contribution is 7.88. The van der Waals surface area contributed by atoms with E-state index in [9.17, 15) is 8.42 Å². The van der Waals surface area contributed by atoms with Crippen molar-refractivity contribution in [2.75, 3.05) is 6.26 Å². The molecule has 0 spiro atoms. The molecular weight excluding hydrogens is 188 g/mol. The molecule has 0 saturated heterocycles. The summed E-state index contributed by atoms with van der Waals surface area (Å²) < 4.78 is 24.0. The van der Waals surface area contributed by atoms with Crippen LogP contribution in [-0.4, -0.2) is 19.7 Å². The van der Waals surface area contributed by atoms with E-state index in [4.69, 9.17) is 0 Å². The zero-order chi connectivity index (χ0) is 9.90. The predicted molar refractivity (Wildman–Crippen MR) is 50.7 cm³/mol. The van der Waals surface area contributed by atoms with Crippen LogP contribution in [-0.2, 0) is 16.6 Å². The first kappa shape index (κ1) is 10.1. The average Bonchev–Trinajstić information content (AvgIpc) is 2.01. The van der Waals surface area contributed by atoms with E-state index in [1.165, 1.54) is 0 Å². The topological polar surface area (TPSA) is 59.1 Å². The number of nitrogens with zero attached hydrogens (tertiary/aromatic N) is 1. The number of hydrogen-bond acceptors (Lipinski definition) is 3. The number of aromatic nitrogens is 1. The van der Waals surface area contributed by atoms with E-state index in [2.05, 4.69) is 9.71 Å². The van der Waals surface area contributed by atoms with Crippen LogP contribution in [0.4, 0.5) is 0 Å². The van der Waals surface area contributed by atoms with E-state index >= 15 is 0 Å². The molecule has 1 aromatic rings. The van der Waals surface area contributed by atoms with Gasteiger partial charge in [-0.1, -0.05) is 0 Å². The smallest absolute Gasteiger partial charge is 0.209 e. The normalized spacial score (nSPS) is 11.5. The highest BCUT2D eigenvalue weighted by Crippen LogP contribution is 2.04. The largest absolute Gasteiger partial charge is 0.264 e. The van der Waals surface area contributed by atoms with Gasteiger partial charge in [0.15, 0.2) is 0 Å². The van der Waals surface area contributed by atoms with Gasteiger partial charge < -0.3 is 0 Å². The Labute approximate surface area is 78.1 Å². The minimum Gasteiger partial charge on any atom is -0.264 e. The van der Waals surface area contributed by atoms with Crippen molar-refractivity contribution in [1.29, 1.82) is 0 Å². The quantitative estimate of drug-likeness (QED) is 0.770. The fourth-order valence-corrected chi connectivity index (χ4v) is 1.31. The molecule has 0 bridgehead atoms. The molecule has 0 aliphatic carbocycles. The molecule has 0 amide bonds. The summed E-state index contributed by atoms with van der Waals surface area (Å²) >= 11 is 0. The Morgan fingerprint density at radius 2 is 2.23 bits per heavy atom. The van der Waals surface area contributed by atoms with Crippen LogP contribution in [0.5, 0.6) is 0 Å². The fourth-order valence-electron chi connectivity index (χ4n) is 0.891. The van der Waals surface area contributed by atoms with Gasteiger partial charge in [-0.2, -0.15) is 0 Å². The standard InChI is InChI=1S/C8H12N2O2S/c1-7-3-4-9-5-8(7)6-10-13(2,11)12/h3-5,10H,6H2,1-2H3. The summed E-state index contributed by atoms with van der Waals surface area (Å²) in [5.41, 5.74) is 1.93. The second kappa shape index (κ2) is 3.85. The SMILES string of the molecule is Cc1ccncc1CNS(C)(=O)=O. The van der Waals surface area contributed by atoms with Crippen molar-refractivity contribution in [2.45, 2.75) is 13.5 Å². The number of nitrogens with one attached hydrogen (secondary N) is 1. The Kier molecular flexibility index (Phi) is 3.00. The first-order valence-corrected chi connectivity index (χ1v) is 5.72. The summed E-state index contributed by atoms with van der Waals surface area (Å²) in [6.07, 6.45) is 4.48. The molecule has 0 saturated carbocycles. The van der Waals surface area contributed by atoms with Crippen molar-refractivity contribution in [1.82, 2.24) is 9.71 Å². The van der Waals surface area contributed by atoms with Gasteiger partial charge in [0, 0.05) is 18.9 Å². The van der Waals surface area contributed by atoms with Crippen LogP contribution >= 0.6 is 0 Å². The van der Waals surface area contributed by atoms with Gasteiger partial charge in [0.25, 0.3) is 0 Å². The summed E-state index contributed by atoms with van der Waals surface area (Å²) in [6.45, 7) is 2.22. The van der Waals surface area contributed by atoms with Crippen LogP contribution in [0.25, 0.3) is 0 Å². The van der Waals surface area contributed by atoms with Crippen molar-refractivity contribution in [3.05, 3.63) is 29.6 Å². The van der Waals surface area contributed by atoms with Crippen molar-refractivity contribution in [3.8, 4) is 0 Å². The van der Waals surface area contributed by atoms with Crippen LogP contribution in [0.3, 0.4) is 0 Å². The molecule has 5 heteroatoms. The third-order valence-corrected chi connectivity index (χ3v) is 2.34. The molecule has 13 heavy (non-hydrogen) atoms. The van der Waals surface area contributed by atoms with E-state index in [-0.39, 0.29) is 0 Å². The lowest BCUT2D eigenvalue weighted by atomic mass is 10.2. The Balaban J connectivity index is 2.71. The molecule has 1 N–H and O–H groups in total. The molecule has 1 rings (SSSR count). The minimum atomic E-state index is -3.12. The number of rotatable bonds is 3. The molecule has 0 aliphatic rings. The Hall–Kier alpha value is -0.940.